The first-order valence-electron chi connectivity index (χ1n) is 6.90. The summed E-state index contributed by atoms with van der Waals surface area (Å²) in [7, 11) is 0. The van der Waals surface area contributed by atoms with E-state index in [2.05, 4.69) is 4.98 Å². The second-order valence-electron chi connectivity index (χ2n) is 5.12. The van der Waals surface area contributed by atoms with Crippen molar-refractivity contribution in [3.05, 3.63) is 53.3 Å². The molecule has 2 aromatic carbocycles. The molecular formula is C16H12ClFN2O2. The molecule has 4 nitrogen and oxygen atoms in total. The van der Waals surface area contributed by atoms with Gasteiger partial charge in [-0.3, -0.25) is 4.57 Å². The number of benzene rings is 2. The summed E-state index contributed by atoms with van der Waals surface area (Å²) in [5, 5.41) is 0.0452. The third kappa shape index (κ3) is 2.27. The second kappa shape index (κ2) is 5.18. The van der Waals surface area contributed by atoms with Gasteiger partial charge in [0.2, 0.25) is 0 Å². The Hall–Kier alpha value is -2.27. The maximum absolute atomic E-state index is 13.1. The van der Waals surface area contributed by atoms with Gasteiger partial charge >= 0.3 is 0 Å². The quantitative estimate of drug-likeness (QED) is 0.739. The molecule has 0 N–H and O–H groups in total. The Balaban J connectivity index is 1.46. The largest absolute Gasteiger partial charge is 0.490 e. The minimum absolute atomic E-state index is 0.0452. The van der Waals surface area contributed by atoms with E-state index in [0.29, 0.717) is 24.9 Å². The topological polar surface area (TPSA) is 36.3 Å². The Bertz CT molecular complexity index is 849. The molecule has 0 radical (unpaired) electrons. The van der Waals surface area contributed by atoms with Gasteiger partial charge in [0.1, 0.15) is 18.2 Å². The lowest BCUT2D eigenvalue weighted by atomic mass is 10.3. The van der Waals surface area contributed by atoms with Crippen molar-refractivity contribution in [2.75, 3.05) is 6.61 Å². The Kier molecular flexibility index (Phi) is 3.15. The molecule has 1 atom stereocenters. The van der Waals surface area contributed by atoms with E-state index in [0.717, 1.165) is 11.0 Å². The van der Waals surface area contributed by atoms with Crippen LogP contribution in [-0.2, 0) is 6.54 Å². The fraction of sp³-hybridized carbons (Fsp3) is 0.188. The standard InChI is InChI=1S/C16H12ClFN2O2/c17-12-7-10(5-6-13(12)18)21-9-11-8-20-15-4-2-1-3-14(15)19-16(20)22-11/h1-7,11H,8-9H2/t11-/m0/s1. The molecule has 0 spiro atoms. The van der Waals surface area contributed by atoms with Crippen molar-refractivity contribution in [2.24, 2.45) is 0 Å². The van der Waals surface area contributed by atoms with Gasteiger partial charge in [0.05, 0.1) is 22.6 Å². The lowest BCUT2D eigenvalue weighted by Gasteiger charge is -2.12. The third-order valence-electron chi connectivity index (χ3n) is 3.60. The summed E-state index contributed by atoms with van der Waals surface area (Å²) in [6.07, 6.45) is -0.129. The van der Waals surface area contributed by atoms with Gasteiger partial charge in [0, 0.05) is 6.07 Å². The van der Waals surface area contributed by atoms with Crippen LogP contribution in [0, 0.1) is 5.82 Å². The molecule has 0 amide bonds. The summed E-state index contributed by atoms with van der Waals surface area (Å²) >= 11 is 5.73. The number of nitrogens with zero attached hydrogens (tertiary/aromatic N) is 2. The average Bonchev–Trinajstić information content (AvgIpc) is 3.06. The molecule has 0 fully saturated rings. The zero-order valence-corrected chi connectivity index (χ0v) is 12.3. The highest BCUT2D eigenvalue weighted by Gasteiger charge is 2.26. The number of para-hydroxylation sites is 2. The second-order valence-corrected chi connectivity index (χ2v) is 5.53. The molecule has 112 valence electrons. The van der Waals surface area contributed by atoms with Crippen molar-refractivity contribution in [3.63, 3.8) is 0 Å². The number of fused-ring (bicyclic) bond motifs is 3. The summed E-state index contributed by atoms with van der Waals surface area (Å²) in [6, 6.07) is 12.8. The number of hydrogen-bond acceptors (Lipinski definition) is 3. The Morgan fingerprint density at radius 1 is 1.32 bits per heavy atom. The lowest BCUT2D eigenvalue weighted by molar-refractivity contribution is 0.144. The molecule has 0 bridgehead atoms. The SMILES string of the molecule is Fc1ccc(OC[C@@H]2Cn3c(nc4ccccc43)O2)cc1Cl. The molecule has 0 saturated heterocycles. The molecule has 0 unspecified atom stereocenters. The van der Waals surface area contributed by atoms with Crippen LogP contribution in [-0.4, -0.2) is 22.3 Å². The molecule has 1 aliphatic rings. The van der Waals surface area contributed by atoms with E-state index in [-0.39, 0.29) is 11.1 Å². The van der Waals surface area contributed by atoms with Crippen molar-refractivity contribution in [3.8, 4) is 11.8 Å². The Morgan fingerprint density at radius 2 is 2.18 bits per heavy atom. The molecule has 1 aliphatic heterocycles. The molecule has 6 heteroatoms. The zero-order valence-electron chi connectivity index (χ0n) is 11.5. The van der Waals surface area contributed by atoms with Crippen LogP contribution in [0.3, 0.4) is 0 Å². The predicted molar refractivity (Wildman–Crippen MR) is 81.1 cm³/mol. The lowest BCUT2D eigenvalue weighted by Crippen LogP contribution is -2.23. The normalized spacial score (nSPS) is 16.5. The van der Waals surface area contributed by atoms with Crippen LogP contribution in [0.5, 0.6) is 11.8 Å². The van der Waals surface area contributed by atoms with E-state index in [1.54, 1.807) is 6.07 Å². The van der Waals surface area contributed by atoms with Gasteiger partial charge < -0.3 is 9.47 Å². The van der Waals surface area contributed by atoms with Crippen LogP contribution >= 0.6 is 11.6 Å². The fourth-order valence-electron chi connectivity index (χ4n) is 2.55. The first kappa shape index (κ1) is 13.4. The number of ether oxygens (including phenoxy) is 2. The maximum Gasteiger partial charge on any atom is 0.297 e. The van der Waals surface area contributed by atoms with Gasteiger partial charge in [0.25, 0.3) is 6.01 Å². The number of imidazole rings is 1. The van der Waals surface area contributed by atoms with Crippen molar-refractivity contribution >= 4 is 22.6 Å². The summed E-state index contributed by atoms with van der Waals surface area (Å²) < 4.78 is 26.5. The Labute approximate surface area is 131 Å². The highest BCUT2D eigenvalue weighted by Crippen LogP contribution is 2.28. The van der Waals surface area contributed by atoms with E-state index in [1.165, 1.54) is 12.1 Å². The minimum atomic E-state index is -0.460. The number of aromatic nitrogens is 2. The molecule has 3 aromatic rings. The number of rotatable bonds is 3. The van der Waals surface area contributed by atoms with Crippen molar-refractivity contribution in [1.29, 1.82) is 0 Å². The molecule has 4 rings (SSSR count). The van der Waals surface area contributed by atoms with Crippen molar-refractivity contribution < 1.29 is 13.9 Å². The zero-order chi connectivity index (χ0) is 15.1. The number of halogens is 2. The summed E-state index contributed by atoms with van der Waals surface area (Å²) in [4.78, 5) is 4.44. The van der Waals surface area contributed by atoms with Gasteiger partial charge in [-0.05, 0) is 24.3 Å². The average molecular weight is 319 g/mol. The Morgan fingerprint density at radius 3 is 3.05 bits per heavy atom. The van der Waals surface area contributed by atoms with Gasteiger partial charge in [0.15, 0.2) is 6.10 Å². The summed E-state index contributed by atoms with van der Waals surface area (Å²) in [5.74, 6) is 0.0575. The third-order valence-corrected chi connectivity index (χ3v) is 3.89. The van der Waals surface area contributed by atoms with Crippen LogP contribution in [0.4, 0.5) is 4.39 Å². The molecule has 22 heavy (non-hydrogen) atoms. The van der Waals surface area contributed by atoms with Gasteiger partial charge in [-0.25, -0.2) is 4.39 Å². The monoisotopic (exact) mass is 318 g/mol. The molecule has 2 heterocycles. The molecule has 0 aliphatic carbocycles. The van der Waals surface area contributed by atoms with Crippen LogP contribution in [0.15, 0.2) is 42.5 Å². The predicted octanol–water partition coefficient (Wildman–Crippen LogP) is 3.67. The van der Waals surface area contributed by atoms with Crippen molar-refractivity contribution in [2.45, 2.75) is 12.6 Å². The first-order chi connectivity index (χ1) is 10.7. The summed E-state index contributed by atoms with van der Waals surface area (Å²) in [6.45, 7) is 1.02. The maximum atomic E-state index is 13.1. The van der Waals surface area contributed by atoms with Gasteiger partial charge in [-0.2, -0.15) is 4.98 Å². The van der Waals surface area contributed by atoms with Gasteiger partial charge in [-0.15, -0.1) is 0 Å². The van der Waals surface area contributed by atoms with E-state index in [9.17, 15) is 4.39 Å². The number of hydrogen-bond donors (Lipinski definition) is 0. The first-order valence-corrected chi connectivity index (χ1v) is 7.28. The highest BCUT2D eigenvalue weighted by atomic mass is 35.5. The van der Waals surface area contributed by atoms with Crippen molar-refractivity contribution in [1.82, 2.24) is 9.55 Å². The minimum Gasteiger partial charge on any atom is -0.490 e. The highest BCUT2D eigenvalue weighted by molar-refractivity contribution is 6.30. The van der Waals surface area contributed by atoms with Crippen LogP contribution in [0.1, 0.15) is 0 Å². The van der Waals surface area contributed by atoms with Crippen LogP contribution in [0.25, 0.3) is 11.0 Å². The molecular weight excluding hydrogens is 307 g/mol. The smallest absolute Gasteiger partial charge is 0.297 e. The summed E-state index contributed by atoms with van der Waals surface area (Å²) in [5.41, 5.74) is 1.96. The van der Waals surface area contributed by atoms with Crippen LogP contribution in [0.2, 0.25) is 5.02 Å². The van der Waals surface area contributed by atoms with E-state index < -0.39 is 5.82 Å². The van der Waals surface area contributed by atoms with E-state index >= 15 is 0 Å². The molecule has 0 saturated carbocycles. The van der Waals surface area contributed by atoms with Gasteiger partial charge in [-0.1, -0.05) is 23.7 Å². The van der Waals surface area contributed by atoms with Crippen LogP contribution < -0.4 is 9.47 Å². The molecule has 1 aromatic heterocycles. The van der Waals surface area contributed by atoms with E-state index in [1.807, 2.05) is 28.8 Å². The fourth-order valence-corrected chi connectivity index (χ4v) is 2.72. The van der Waals surface area contributed by atoms with E-state index in [4.69, 9.17) is 21.1 Å².